The van der Waals surface area contributed by atoms with E-state index in [1.807, 2.05) is 18.2 Å². The van der Waals surface area contributed by atoms with Crippen molar-refractivity contribution in [2.75, 3.05) is 19.6 Å². The summed E-state index contributed by atoms with van der Waals surface area (Å²) in [7, 11) is 0. The quantitative estimate of drug-likeness (QED) is 0.804. The molecule has 1 aliphatic heterocycles. The molecule has 3 rings (SSSR count). The number of rotatable bonds is 4. The molecule has 1 aliphatic rings. The lowest BCUT2D eigenvalue weighted by molar-refractivity contribution is 0.0931. The second kappa shape index (κ2) is 9.11. The van der Waals surface area contributed by atoms with Crippen molar-refractivity contribution >= 4 is 35.2 Å². The monoisotopic (exact) mass is 406 g/mol. The molecule has 27 heavy (non-hydrogen) atoms. The van der Waals surface area contributed by atoms with Crippen LogP contribution in [-0.4, -0.2) is 36.5 Å². The molecule has 7 heteroatoms. The van der Waals surface area contributed by atoms with E-state index >= 15 is 0 Å². The minimum atomic E-state index is -0.336. The van der Waals surface area contributed by atoms with E-state index in [1.165, 1.54) is 0 Å². The van der Waals surface area contributed by atoms with Crippen LogP contribution < -0.4 is 10.1 Å². The minimum absolute atomic E-state index is 0.220. The molecule has 1 fully saturated rings. The Hall–Kier alpha value is -2.24. The van der Waals surface area contributed by atoms with Crippen LogP contribution in [0.2, 0.25) is 10.0 Å². The van der Waals surface area contributed by atoms with Crippen molar-refractivity contribution < 1.29 is 14.3 Å². The molecular formula is C20H20Cl2N2O3. The largest absolute Gasteiger partial charge is 0.415 e. The van der Waals surface area contributed by atoms with Crippen molar-refractivity contribution in [3.8, 4) is 5.75 Å². The van der Waals surface area contributed by atoms with Gasteiger partial charge in [0.15, 0.2) is 0 Å². The number of amides is 2. The molecule has 0 unspecified atom stereocenters. The summed E-state index contributed by atoms with van der Waals surface area (Å²) in [5.74, 6) is 0.625. The summed E-state index contributed by atoms with van der Waals surface area (Å²) in [5, 5.41) is 3.74. The van der Waals surface area contributed by atoms with E-state index in [2.05, 4.69) is 5.32 Å². The van der Waals surface area contributed by atoms with E-state index in [9.17, 15) is 9.59 Å². The maximum atomic E-state index is 12.3. The summed E-state index contributed by atoms with van der Waals surface area (Å²) < 4.78 is 5.36. The SMILES string of the molecule is O=C(NCC1CCN(C(=O)Oc2ccccc2)CC1)c1ccc(Cl)cc1Cl. The molecule has 2 aromatic carbocycles. The second-order valence-corrected chi connectivity index (χ2v) is 7.29. The number of hydrogen-bond donors (Lipinski definition) is 1. The zero-order chi connectivity index (χ0) is 19.2. The van der Waals surface area contributed by atoms with Gasteiger partial charge in [0.25, 0.3) is 5.91 Å². The van der Waals surface area contributed by atoms with Gasteiger partial charge in [0.05, 0.1) is 10.6 Å². The van der Waals surface area contributed by atoms with Crippen LogP contribution in [0.5, 0.6) is 5.75 Å². The lowest BCUT2D eigenvalue weighted by atomic mass is 9.97. The maximum Gasteiger partial charge on any atom is 0.415 e. The van der Waals surface area contributed by atoms with E-state index in [4.69, 9.17) is 27.9 Å². The van der Waals surface area contributed by atoms with Gasteiger partial charge in [0.2, 0.25) is 0 Å². The standard InChI is InChI=1S/C20H20Cl2N2O3/c21-15-6-7-17(18(22)12-15)19(25)23-13-14-8-10-24(11-9-14)20(26)27-16-4-2-1-3-5-16/h1-7,12,14H,8-11,13H2,(H,23,25). The summed E-state index contributed by atoms with van der Waals surface area (Å²) >= 11 is 11.9. The van der Waals surface area contributed by atoms with Gasteiger partial charge in [-0.25, -0.2) is 4.79 Å². The molecule has 1 heterocycles. The molecule has 0 saturated carbocycles. The van der Waals surface area contributed by atoms with Gasteiger partial charge in [-0.1, -0.05) is 41.4 Å². The van der Waals surface area contributed by atoms with Gasteiger partial charge >= 0.3 is 6.09 Å². The van der Waals surface area contributed by atoms with Gasteiger partial charge in [-0.2, -0.15) is 0 Å². The van der Waals surface area contributed by atoms with E-state index in [-0.39, 0.29) is 12.0 Å². The Morgan fingerprint density at radius 1 is 1.07 bits per heavy atom. The van der Waals surface area contributed by atoms with Crippen molar-refractivity contribution in [2.24, 2.45) is 5.92 Å². The molecule has 1 N–H and O–H groups in total. The lowest BCUT2D eigenvalue weighted by Crippen LogP contribution is -2.42. The fourth-order valence-corrected chi connectivity index (χ4v) is 3.47. The van der Waals surface area contributed by atoms with Crippen LogP contribution in [0.25, 0.3) is 0 Å². The smallest absolute Gasteiger partial charge is 0.410 e. The number of carbonyl (C=O) groups excluding carboxylic acids is 2. The highest BCUT2D eigenvalue weighted by molar-refractivity contribution is 6.36. The normalized spacial score (nSPS) is 14.7. The van der Waals surface area contributed by atoms with Crippen molar-refractivity contribution in [1.82, 2.24) is 10.2 Å². The van der Waals surface area contributed by atoms with Gasteiger partial charge < -0.3 is 15.0 Å². The highest BCUT2D eigenvalue weighted by Crippen LogP contribution is 2.22. The van der Waals surface area contributed by atoms with E-state index < -0.39 is 0 Å². The molecule has 0 radical (unpaired) electrons. The number of carbonyl (C=O) groups is 2. The van der Waals surface area contributed by atoms with Crippen LogP contribution >= 0.6 is 23.2 Å². The molecule has 1 saturated heterocycles. The molecule has 142 valence electrons. The highest BCUT2D eigenvalue weighted by atomic mass is 35.5. The van der Waals surface area contributed by atoms with Crippen LogP contribution in [-0.2, 0) is 0 Å². The predicted molar refractivity (Wildman–Crippen MR) is 106 cm³/mol. The Bertz CT molecular complexity index is 806. The Balaban J connectivity index is 1.44. The number of para-hydroxylation sites is 1. The Morgan fingerprint density at radius 2 is 1.78 bits per heavy atom. The van der Waals surface area contributed by atoms with Gasteiger partial charge in [-0.05, 0) is 49.1 Å². The van der Waals surface area contributed by atoms with E-state index in [1.54, 1.807) is 35.2 Å². The third-order valence-corrected chi connectivity index (χ3v) is 5.10. The molecule has 0 aromatic heterocycles. The third kappa shape index (κ3) is 5.37. The summed E-state index contributed by atoms with van der Waals surface area (Å²) in [6.45, 7) is 1.75. The number of hydrogen-bond acceptors (Lipinski definition) is 3. The van der Waals surface area contributed by atoms with Crippen molar-refractivity contribution in [2.45, 2.75) is 12.8 Å². The fraction of sp³-hybridized carbons (Fsp3) is 0.300. The molecule has 0 spiro atoms. The average Bonchev–Trinajstić information content (AvgIpc) is 2.67. The molecule has 2 aromatic rings. The van der Waals surface area contributed by atoms with Crippen LogP contribution in [0, 0.1) is 5.92 Å². The number of nitrogens with one attached hydrogen (secondary N) is 1. The Kier molecular flexibility index (Phi) is 6.58. The number of halogens is 2. The van der Waals surface area contributed by atoms with E-state index in [0.717, 1.165) is 12.8 Å². The molecule has 0 bridgehead atoms. The zero-order valence-electron chi connectivity index (χ0n) is 14.7. The van der Waals surface area contributed by atoms with Crippen molar-refractivity contribution in [3.63, 3.8) is 0 Å². The first kappa shape index (κ1) is 19.5. The molecular weight excluding hydrogens is 387 g/mol. The van der Waals surface area contributed by atoms with Crippen LogP contribution in [0.3, 0.4) is 0 Å². The fourth-order valence-electron chi connectivity index (χ4n) is 2.98. The summed E-state index contributed by atoms with van der Waals surface area (Å²) in [5.41, 5.74) is 0.407. The first-order chi connectivity index (χ1) is 13.0. The number of likely N-dealkylation sites (tertiary alicyclic amines) is 1. The molecule has 5 nitrogen and oxygen atoms in total. The van der Waals surface area contributed by atoms with Crippen LogP contribution in [0.15, 0.2) is 48.5 Å². The predicted octanol–water partition coefficient (Wildman–Crippen LogP) is 4.63. The number of benzene rings is 2. The first-order valence-corrected chi connectivity index (χ1v) is 9.53. The zero-order valence-corrected chi connectivity index (χ0v) is 16.2. The second-order valence-electron chi connectivity index (χ2n) is 6.45. The summed E-state index contributed by atoms with van der Waals surface area (Å²) in [4.78, 5) is 26.2. The van der Waals surface area contributed by atoms with E-state index in [0.29, 0.717) is 46.9 Å². The first-order valence-electron chi connectivity index (χ1n) is 8.78. The van der Waals surface area contributed by atoms with Crippen LogP contribution in [0.4, 0.5) is 4.79 Å². The lowest BCUT2D eigenvalue weighted by Gasteiger charge is -2.31. The molecule has 0 atom stereocenters. The Labute approximate surface area is 168 Å². The van der Waals surface area contributed by atoms with Gasteiger partial charge in [-0.15, -0.1) is 0 Å². The van der Waals surface area contributed by atoms with Crippen LogP contribution in [0.1, 0.15) is 23.2 Å². The maximum absolute atomic E-state index is 12.3. The molecule has 2 amide bonds. The summed E-state index contributed by atoms with van der Waals surface area (Å²) in [6.07, 6.45) is 1.27. The average molecular weight is 407 g/mol. The Morgan fingerprint density at radius 3 is 2.44 bits per heavy atom. The molecule has 0 aliphatic carbocycles. The summed E-state index contributed by atoms with van der Waals surface area (Å²) in [6, 6.07) is 13.8. The van der Waals surface area contributed by atoms with Gasteiger partial charge in [-0.3, -0.25) is 4.79 Å². The number of ether oxygens (including phenoxy) is 1. The van der Waals surface area contributed by atoms with Gasteiger partial charge in [0, 0.05) is 24.7 Å². The number of nitrogens with zero attached hydrogens (tertiary/aromatic N) is 1. The highest BCUT2D eigenvalue weighted by Gasteiger charge is 2.24. The number of piperidine rings is 1. The minimum Gasteiger partial charge on any atom is -0.410 e. The third-order valence-electron chi connectivity index (χ3n) is 4.55. The van der Waals surface area contributed by atoms with Gasteiger partial charge in [0.1, 0.15) is 5.75 Å². The van der Waals surface area contributed by atoms with Crippen molar-refractivity contribution in [3.05, 3.63) is 64.1 Å². The topological polar surface area (TPSA) is 58.6 Å². The van der Waals surface area contributed by atoms with Crippen molar-refractivity contribution in [1.29, 1.82) is 0 Å².